The third kappa shape index (κ3) is 2.45. The van der Waals surface area contributed by atoms with E-state index in [1.807, 2.05) is 0 Å². The summed E-state index contributed by atoms with van der Waals surface area (Å²) in [5.41, 5.74) is 1.46. The van der Waals surface area contributed by atoms with Gasteiger partial charge in [0, 0.05) is 18.7 Å². The second kappa shape index (κ2) is 5.08. The molecule has 1 N–H and O–H groups in total. The summed E-state index contributed by atoms with van der Waals surface area (Å²) in [5, 5.41) is 9.36. The van der Waals surface area contributed by atoms with Crippen LogP contribution in [-0.2, 0) is 16.0 Å². The molecule has 5 heteroatoms. The van der Waals surface area contributed by atoms with Crippen LogP contribution in [0.4, 0.5) is 0 Å². The highest BCUT2D eigenvalue weighted by Gasteiger charge is 2.24. The van der Waals surface area contributed by atoms with Crippen molar-refractivity contribution < 1.29 is 19.4 Å². The van der Waals surface area contributed by atoms with E-state index in [0.29, 0.717) is 25.1 Å². The molecule has 1 aromatic rings. The number of phenolic OH excluding ortho intramolecular Hbond substituents is 1. The van der Waals surface area contributed by atoms with Crippen molar-refractivity contribution in [2.75, 3.05) is 20.2 Å². The summed E-state index contributed by atoms with van der Waals surface area (Å²) in [7, 11) is 1.33. The Kier molecular flexibility index (Phi) is 3.50. The number of carbonyl (C=O) groups excluding carboxylic acids is 2. The van der Waals surface area contributed by atoms with E-state index in [4.69, 9.17) is 0 Å². The molecular formula is C13H15NO4. The maximum Gasteiger partial charge on any atom is 0.307 e. The minimum Gasteiger partial charge on any atom is -0.508 e. The van der Waals surface area contributed by atoms with Crippen LogP contribution >= 0.6 is 0 Å². The molecule has 1 aliphatic rings. The molecule has 0 unspecified atom stereocenters. The summed E-state index contributed by atoms with van der Waals surface area (Å²) in [6.07, 6.45) is 0.895. The average molecular weight is 249 g/mol. The molecule has 18 heavy (non-hydrogen) atoms. The smallest absolute Gasteiger partial charge is 0.307 e. The van der Waals surface area contributed by atoms with Gasteiger partial charge in [-0.05, 0) is 30.2 Å². The topological polar surface area (TPSA) is 66.8 Å². The number of methoxy groups -OCH3 is 1. The van der Waals surface area contributed by atoms with Gasteiger partial charge in [-0.2, -0.15) is 0 Å². The maximum atomic E-state index is 12.1. The first-order chi connectivity index (χ1) is 8.61. The number of fused-ring (bicyclic) bond motifs is 1. The van der Waals surface area contributed by atoms with Crippen molar-refractivity contribution in [1.29, 1.82) is 0 Å². The number of esters is 1. The zero-order valence-corrected chi connectivity index (χ0v) is 10.2. The van der Waals surface area contributed by atoms with Crippen LogP contribution in [0.25, 0.3) is 0 Å². The van der Waals surface area contributed by atoms with Crippen LogP contribution < -0.4 is 0 Å². The minimum absolute atomic E-state index is 0.0971. The van der Waals surface area contributed by atoms with E-state index in [1.54, 1.807) is 17.0 Å². The van der Waals surface area contributed by atoms with Gasteiger partial charge in [0.1, 0.15) is 5.75 Å². The molecule has 0 fully saturated rings. The van der Waals surface area contributed by atoms with E-state index in [2.05, 4.69) is 4.74 Å². The summed E-state index contributed by atoms with van der Waals surface area (Å²) in [4.78, 5) is 24.8. The molecule has 0 saturated carbocycles. The van der Waals surface area contributed by atoms with E-state index in [0.717, 1.165) is 5.56 Å². The standard InChI is InChI=1S/C13H15NO4/c1-18-12(16)5-7-14-6-4-9-8-10(15)2-3-11(9)13(14)17/h2-3,8,15H,4-7H2,1H3. The normalized spacial score (nSPS) is 14.3. The van der Waals surface area contributed by atoms with E-state index in [9.17, 15) is 14.7 Å². The highest BCUT2D eigenvalue weighted by atomic mass is 16.5. The van der Waals surface area contributed by atoms with Crippen LogP contribution in [-0.4, -0.2) is 42.1 Å². The van der Waals surface area contributed by atoms with Crippen molar-refractivity contribution in [1.82, 2.24) is 4.90 Å². The van der Waals surface area contributed by atoms with Crippen LogP contribution in [0.2, 0.25) is 0 Å². The van der Waals surface area contributed by atoms with Crippen LogP contribution in [0, 0.1) is 0 Å². The molecule has 0 bridgehead atoms. The summed E-state index contributed by atoms with van der Waals surface area (Å²) >= 11 is 0. The molecule has 2 rings (SSSR count). The number of rotatable bonds is 3. The Hall–Kier alpha value is -2.04. The zero-order valence-electron chi connectivity index (χ0n) is 10.2. The molecule has 0 aromatic heterocycles. The fraction of sp³-hybridized carbons (Fsp3) is 0.385. The van der Waals surface area contributed by atoms with Crippen molar-refractivity contribution in [3.05, 3.63) is 29.3 Å². The molecular weight excluding hydrogens is 234 g/mol. The molecule has 1 aromatic carbocycles. The highest BCUT2D eigenvalue weighted by molar-refractivity contribution is 5.97. The number of phenols is 1. The van der Waals surface area contributed by atoms with Gasteiger partial charge in [0.05, 0.1) is 13.5 Å². The number of hydrogen-bond donors (Lipinski definition) is 1. The first-order valence-electron chi connectivity index (χ1n) is 5.80. The fourth-order valence-electron chi connectivity index (χ4n) is 2.06. The van der Waals surface area contributed by atoms with Crippen molar-refractivity contribution in [3.63, 3.8) is 0 Å². The largest absolute Gasteiger partial charge is 0.508 e. The molecule has 0 aliphatic carbocycles. The Bertz CT molecular complexity index is 484. The van der Waals surface area contributed by atoms with E-state index >= 15 is 0 Å². The van der Waals surface area contributed by atoms with Crippen molar-refractivity contribution in [2.24, 2.45) is 0 Å². The molecule has 1 aliphatic heterocycles. The SMILES string of the molecule is COC(=O)CCN1CCc2cc(O)ccc2C1=O. The van der Waals surface area contributed by atoms with Crippen LogP contribution in [0.3, 0.4) is 0 Å². The predicted octanol–water partition coefficient (Wildman–Crippen LogP) is 0.954. The van der Waals surface area contributed by atoms with Gasteiger partial charge in [0.2, 0.25) is 0 Å². The lowest BCUT2D eigenvalue weighted by Gasteiger charge is -2.28. The summed E-state index contributed by atoms with van der Waals surface area (Å²) in [6.45, 7) is 0.929. The number of carbonyl (C=O) groups is 2. The Morgan fingerprint density at radius 3 is 3.00 bits per heavy atom. The summed E-state index contributed by atoms with van der Waals surface area (Å²) in [5.74, 6) is -0.246. The third-order valence-electron chi connectivity index (χ3n) is 3.07. The number of amides is 1. The Morgan fingerprint density at radius 2 is 2.28 bits per heavy atom. The molecule has 0 radical (unpaired) electrons. The lowest BCUT2D eigenvalue weighted by atomic mass is 9.98. The van der Waals surface area contributed by atoms with Gasteiger partial charge in [0.25, 0.3) is 5.91 Å². The Labute approximate surface area is 105 Å². The van der Waals surface area contributed by atoms with Gasteiger partial charge in [-0.1, -0.05) is 0 Å². The van der Waals surface area contributed by atoms with Gasteiger partial charge < -0.3 is 14.7 Å². The number of aromatic hydroxyl groups is 1. The van der Waals surface area contributed by atoms with Crippen molar-refractivity contribution in [3.8, 4) is 5.75 Å². The van der Waals surface area contributed by atoms with Crippen molar-refractivity contribution >= 4 is 11.9 Å². The molecule has 5 nitrogen and oxygen atoms in total. The molecule has 96 valence electrons. The predicted molar refractivity (Wildman–Crippen MR) is 64.3 cm³/mol. The molecule has 1 amide bonds. The summed E-state index contributed by atoms with van der Waals surface area (Å²) in [6, 6.07) is 4.74. The monoisotopic (exact) mass is 249 g/mol. The number of nitrogens with zero attached hydrogens (tertiary/aromatic N) is 1. The van der Waals surface area contributed by atoms with Crippen LogP contribution in [0.1, 0.15) is 22.3 Å². The van der Waals surface area contributed by atoms with E-state index < -0.39 is 0 Å². The molecule has 0 spiro atoms. The first-order valence-corrected chi connectivity index (χ1v) is 5.80. The van der Waals surface area contributed by atoms with Gasteiger partial charge >= 0.3 is 5.97 Å². The third-order valence-corrected chi connectivity index (χ3v) is 3.07. The Balaban J connectivity index is 2.08. The zero-order chi connectivity index (χ0) is 13.1. The molecule has 0 saturated heterocycles. The fourth-order valence-corrected chi connectivity index (χ4v) is 2.06. The van der Waals surface area contributed by atoms with Crippen molar-refractivity contribution in [2.45, 2.75) is 12.8 Å². The van der Waals surface area contributed by atoms with Gasteiger partial charge in [-0.3, -0.25) is 9.59 Å². The number of benzene rings is 1. The van der Waals surface area contributed by atoms with Crippen LogP contribution in [0.15, 0.2) is 18.2 Å². The average Bonchev–Trinajstić information content (AvgIpc) is 2.37. The quantitative estimate of drug-likeness (QED) is 0.810. The lowest BCUT2D eigenvalue weighted by molar-refractivity contribution is -0.140. The maximum absolute atomic E-state index is 12.1. The second-order valence-electron chi connectivity index (χ2n) is 4.21. The number of hydrogen-bond acceptors (Lipinski definition) is 4. The van der Waals surface area contributed by atoms with Crippen LogP contribution in [0.5, 0.6) is 5.75 Å². The number of ether oxygens (including phenoxy) is 1. The van der Waals surface area contributed by atoms with E-state index in [-0.39, 0.29) is 24.0 Å². The first kappa shape index (κ1) is 12.4. The second-order valence-corrected chi connectivity index (χ2v) is 4.21. The van der Waals surface area contributed by atoms with Gasteiger partial charge in [-0.25, -0.2) is 0 Å². The van der Waals surface area contributed by atoms with Gasteiger partial charge in [0.15, 0.2) is 0 Å². The minimum atomic E-state index is -0.320. The molecule has 0 atom stereocenters. The Morgan fingerprint density at radius 1 is 1.50 bits per heavy atom. The summed E-state index contributed by atoms with van der Waals surface area (Å²) < 4.78 is 4.55. The molecule has 1 heterocycles. The highest BCUT2D eigenvalue weighted by Crippen LogP contribution is 2.23. The van der Waals surface area contributed by atoms with Gasteiger partial charge in [-0.15, -0.1) is 0 Å². The van der Waals surface area contributed by atoms with E-state index in [1.165, 1.54) is 13.2 Å². The lowest BCUT2D eigenvalue weighted by Crippen LogP contribution is -2.38.